The molecule has 1 unspecified atom stereocenters. The van der Waals surface area contributed by atoms with Crippen LogP contribution >= 0.6 is 0 Å². The summed E-state index contributed by atoms with van der Waals surface area (Å²) in [5.41, 5.74) is 4.54. The van der Waals surface area contributed by atoms with Gasteiger partial charge in [0, 0.05) is 30.6 Å². The van der Waals surface area contributed by atoms with Crippen LogP contribution in [0.15, 0.2) is 28.8 Å². The van der Waals surface area contributed by atoms with Gasteiger partial charge < -0.3 is 9.84 Å². The Kier molecular flexibility index (Phi) is 4.48. The van der Waals surface area contributed by atoms with Crippen molar-refractivity contribution in [1.82, 2.24) is 15.4 Å². The molecule has 3 aliphatic rings. The molecule has 1 aliphatic heterocycles. The highest BCUT2D eigenvalue weighted by molar-refractivity contribution is 5.94. The van der Waals surface area contributed by atoms with Crippen LogP contribution in [-0.2, 0) is 25.7 Å². The van der Waals surface area contributed by atoms with Crippen molar-refractivity contribution < 1.29 is 9.32 Å². The number of aromatic nitrogens is 1. The largest absolute Gasteiger partial charge is 0.360 e. The second-order valence-electron chi connectivity index (χ2n) is 8.28. The van der Waals surface area contributed by atoms with E-state index in [1.165, 1.54) is 11.1 Å². The van der Waals surface area contributed by atoms with E-state index < -0.39 is 0 Å². The van der Waals surface area contributed by atoms with E-state index in [9.17, 15) is 4.79 Å². The van der Waals surface area contributed by atoms with Gasteiger partial charge in [-0.1, -0.05) is 29.4 Å². The number of nitrogens with zero attached hydrogens (tertiary/aromatic N) is 2. The molecule has 5 heteroatoms. The lowest BCUT2D eigenvalue weighted by atomic mass is 9.96. The molecular weight excluding hydrogens is 338 g/mol. The van der Waals surface area contributed by atoms with Crippen LogP contribution in [0, 0.1) is 0 Å². The maximum Gasteiger partial charge on any atom is 0.274 e. The standard InChI is InChI=1S/C22H27N3O2/c26-22(21-19-9-3-4-10-20(19)27-24-21)23-17-8-5-11-25(14-17)18-12-15-6-1-2-7-16(15)13-18/h1-2,6-7,17-18H,3-5,8-14H2,(H,23,26). The Bertz CT molecular complexity index is 819. The van der Waals surface area contributed by atoms with Crippen LogP contribution in [0.5, 0.6) is 0 Å². The van der Waals surface area contributed by atoms with Crippen molar-refractivity contribution >= 4 is 5.91 Å². The third-order valence-corrected chi connectivity index (χ3v) is 6.50. The molecule has 2 heterocycles. The van der Waals surface area contributed by atoms with Gasteiger partial charge in [-0.3, -0.25) is 9.69 Å². The van der Waals surface area contributed by atoms with Crippen LogP contribution in [0.3, 0.4) is 0 Å². The molecule has 1 amide bonds. The van der Waals surface area contributed by atoms with Crippen LogP contribution in [0.4, 0.5) is 0 Å². The van der Waals surface area contributed by atoms with Gasteiger partial charge in [-0.25, -0.2) is 0 Å². The number of hydrogen-bond acceptors (Lipinski definition) is 4. The van der Waals surface area contributed by atoms with E-state index in [1.807, 2.05) is 0 Å². The summed E-state index contributed by atoms with van der Waals surface area (Å²) in [6, 6.07) is 9.56. The molecular formula is C22H27N3O2. The molecule has 1 aromatic heterocycles. The molecule has 142 valence electrons. The topological polar surface area (TPSA) is 58.4 Å². The lowest BCUT2D eigenvalue weighted by molar-refractivity contribution is 0.0867. The van der Waals surface area contributed by atoms with Gasteiger partial charge in [0.15, 0.2) is 5.69 Å². The predicted molar refractivity (Wildman–Crippen MR) is 103 cm³/mol. The maximum atomic E-state index is 12.8. The summed E-state index contributed by atoms with van der Waals surface area (Å²) < 4.78 is 5.41. The Balaban J connectivity index is 1.23. The average molecular weight is 365 g/mol. The number of benzene rings is 1. The molecule has 2 aromatic rings. The fourth-order valence-electron chi connectivity index (χ4n) is 5.07. The second kappa shape index (κ2) is 7.12. The lowest BCUT2D eigenvalue weighted by Gasteiger charge is -2.37. The molecule has 0 radical (unpaired) electrons. The lowest BCUT2D eigenvalue weighted by Crippen LogP contribution is -2.51. The predicted octanol–water partition coefficient (Wildman–Crippen LogP) is 2.92. The van der Waals surface area contributed by atoms with Gasteiger partial charge in [0.2, 0.25) is 0 Å². The first kappa shape index (κ1) is 17.0. The molecule has 1 saturated heterocycles. The van der Waals surface area contributed by atoms with Crippen molar-refractivity contribution in [3.63, 3.8) is 0 Å². The minimum absolute atomic E-state index is 0.0524. The van der Waals surface area contributed by atoms with Gasteiger partial charge in [-0.05, 0) is 62.6 Å². The smallest absolute Gasteiger partial charge is 0.274 e. The summed E-state index contributed by atoms with van der Waals surface area (Å²) >= 11 is 0. The molecule has 5 nitrogen and oxygen atoms in total. The Morgan fingerprint density at radius 2 is 1.89 bits per heavy atom. The Labute approximate surface area is 160 Å². The van der Waals surface area contributed by atoms with Crippen molar-refractivity contribution in [3.05, 3.63) is 52.4 Å². The van der Waals surface area contributed by atoms with Crippen LogP contribution in [0.2, 0.25) is 0 Å². The molecule has 1 N–H and O–H groups in total. The van der Waals surface area contributed by atoms with E-state index in [2.05, 4.69) is 39.6 Å². The number of carbonyl (C=O) groups is 1. The minimum Gasteiger partial charge on any atom is -0.360 e. The normalized spacial score (nSPS) is 23.0. The van der Waals surface area contributed by atoms with E-state index >= 15 is 0 Å². The molecule has 0 bridgehead atoms. The van der Waals surface area contributed by atoms with Crippen LogP contribution in [-0.4, -0.2) is 41.1 Å². The highest BCUT2D eigenvalue weighted by Crippen LogP contribution is 2.28. The van der Waals surface area contributed by atoms with E-state index in [0.29, 0.717) is 11.7 Å². The first-order chi connectivity index (χ1) is 13.3. The Morgan fingerprint density at radius 3 is 2.70 bits per heavy atom. The van der Waals surface area contributed by atoms with Crippen molar-refractivity contribution in [2.75, 3.05) is 13.1 Å². The summed E-state index contributed by atoms with van der Waals surface area (Å²) in [6.45, 7) is 2.06. The first-order valence-corrected chi connectivity index (χ1v) is 10.4. The molecule has 1 atom stereocenters. The quantitative estimate of drug-likeness (QED) is 0.909. The summed E-state index contributed by atoms with van der Waals surface area (Å²) in [7, 11) is 0. The van der Waals surface area contributed by atoms with Crippen LogP contribution < -0.4 is 5.32 Å². The van der Waals surface area contributed by atoms with Crippen LogP contribution in [0.25, 0.3) is 0 Å². The maximum absolute atomic E-state index is 12.8. The highest BCUT2D eigenvalue weighted by Gasteiger charge is 2.32. The number of rotatable bonds is 3. The van der Waals surface area contributed by atoms with Crippen molar-refractivity contribution in [2.24, 2.45) is 0 Å². The van der Waals surface area contributed by atoms with Crippen LogP contribution in [0.1, 0.15) is 58.6 Å². The van der Waals surface area contributed by atoms with Gasteiger partial charge >= 0.3 is 0 Å². The number of likely N-dealkylation sites (tertiary alicyclic amines) is 1. The zero-order valence-corrected chi connectivity index (χ0v) is 15.7. The van der Waals surface area contributed by atoms with Gasteiger partial charge in [-0.2, -0.15) is 0 Å². The molecule has 1 aromatic carbocycles. The molecule has 0 saturated carbocycles. The molecule has 2 aliphatic carbocycles. The third kappa shape index (κ3) is 3.29. The van der Waals surface area contributed by atoms with E-state index in [4.69, 9.17) is 4.52 Å². The average Bonchev–Trinajstić information content (AvgIpc) is 3.32. The van der Waals surface area contributed by atoms with Gasteiger partial charge in [0.25, 0.3) is 5.91 Å². The first-order valence-electron chi connectivity index (χ1n) is 10.4. The number of hydrogen-bond donors (Lipinski definition) is 1. The number of aryl methyl sites for hydroxylation is 1. The number of nitrogens with one attached hydrogen (secondary N) is 1. The van der Waals surface area contributed by atoms with Gasteiger partial charge in [-0.15, -0.1) is 0 Å². The number of amides is 1. The highest BCUT2D eigenvalue weighted by atomic mass is 16.5. The summed E-state index contributed by atoms with van der Waals surface area (Å²) in [5, 5.41) is 7.33. The van der Waals surface area contributed by atoms with E-state index in [-0.39, 0.29) is 11.9 Å². The Morgan fingerprint density at radius 1 is 1.11 bits per heavy atom. The number of fused-ring (bicyclic) bond motifs is 2. The monoisotopic (exact) mass is 365 g/mol. The second-order valence-corrected chi connectivity index (χ2v) is 8.28. The van der Waals surface area contributed by atoms with Crippen molar-refractivity contribution in [3.8, 4) is 0 Å². The third-order valence-electron chi connectivity index (χ3n) is 6.50. The van der Waals surface area contributed by atoms with Gasteiger partial charge in [0.1, 0.15) is 5.76 Å². The number of carbonyl (C=O) groups excluding carboxylic acids is 1. The zero-order valence-electron chi connectivity index (χ0n) is 15.7. The zero-order chi connectivity index (χ0) is 18.2. The molecule has 27 heavy (non-hydrogen) atoms. The van der Waals surface area contributed by atoms with Gasteiger partial charge in [0.05, 0.1) is 0 Å². The fraction of sp³-hybridized carbons (Fsp3) is 0.545. The summed E-state index contributed by atoms with van der Waals surface area (Å²) in [4.78, 5) is 15.4. The number of piperidine rings is 1. The molecule has 0 spiro atoms. The Hall–Kier alpha value is -2.14. The molecule has 1 fully saturated rings. The van der Waals surface area contributed by atoms with E-state index in [1.54, 1.807) is 0 Å². The molecule has 5 rings (SSSR count). The van der Waals surface area contributed by atoms with Crippen molar-refractivity contribution in [1.29, 1.82) is 0 Å². The fourth-order valence-corrected chi connectivity index (χ4v) is 5.07. The summed E-state index contributed by atoms with van der Waals surface area (Å²) in [6.07, 6.45) is 8.52. The minimum atomic E-state index is -0.0524. The van der Waals surface area contributed by atoms with E-state index in [0.717, 1.165) is 75.8 Å². The summed E-state index contributed by atoms with van der Waals surface area (Å²) in [5.74, 6) is 0.865. The SMILES string of the molecule is O=C(NC1CCCN(C2Cc3ccccc3C2)C1)c1noc2c1CCCC2. The van der Waals surface area contributed by atoms with Crippen molar-refractivity contribution in [2.45, 2.75) is 63.5 Å².